The molecule has 0 amide bonds. The molecule has 0 spiro atoms. The fourth-order valence-electron chi connectivity index (χ4n) is 2.71. The SMILES string of the molecule is CCC1(CC)CCN(S(=O)(=O)CC(C)CCl)CC1. The summed E-state index contributed by atoms with van der Waals surface area (Å²) >= 11 is 5.70. The average Bonchev–Trinajstić information content (AvgIpc) is 2.38. The normalized spacial score (nSPS) is 22.9. The topological polar surface area (TPSA) is 37.4 Å². The lowest BCUT2D eigenvalue weighted by Gasteiger charge is -2.40. The van der Waals surface area contributed by atoms with E-state index in [1.165, 1.54) is 0 Å². The van der Waals surface area contributed by atoms with Gasteiger partial charge in [0, 0.05) is 19.0 Å². The van der Waals surface area contributed by atoms with Crippen molar-refractivity contribution in [1.82, 2.24) is 4.31 Å². The number of hydrogen-bond donors (Lipinski definition) is 0. The largest absolute Gasteiger partial charge is 0.214 e. The van der Waals surface area contributed by atoms with Crippen molar-refractivity contribution in [2.75, 3.05) is 24.7 Å². The fourth-order valence-corrected chi connectivity index (χ4v) is 4.73. The smallest absolute Gasteiger partial charge is 0.212 e. The highest BCUT2D eigenvalue weighted by molar-refractivity contribution is 7.89. The molecule has 1 rings (SSSR count). The van der Waals surface area contributed by atoms with Gasteiger partial charge in [0.25, 0.3) is 0 Å². The lowest BCUT2D eigenvalue weighted by molar-refractivity contribution is 0.141. The maximum atomic E-state index is 12.2. The molecular formula is C13H26ClNO2S. The maximum Gasteiger partial charge on any atom is 0.214 e. The number of hydrogen-bond acceptors (Lipinski definition) is 2. The summed E-state index contributed by atoms with van der Waals surface area (Å²) in [5.74, 6) is 0.614. The number of piperidine rings is 1. The highest BCUT2D eigenvalue weighted by Crippen LogP contribution is 2.38. The summed E-state index contributed by atoms with van der Waals surface area (Å²) in [5.41, 5.74) is 0.365. The van der Waals surface area contributed by atoms with Gasteiger partial charge >= 0.3 is 0 Å². The number of nitrogens with zero attached hydrogens (tertiary/aromatic N) is 1. The van der Waals surface area contributed by atoms with Crippen LogP contribution >= 0.6 is 11.6 Å². The standard InChI is InChI=1S/C13H26ClNO2S/c1-4-13(5-2)6-8-15(9-7-13)18(16,17)11-12(3)10-14/h12H,4-11H2,1-3H3. The molecule has 108 valence electrons. The molecule has 0 bridgehead atoms. The van der Waals surface area contributed by atoms with Gasteiger partial charge in [0.2, 0.25) is 10.0 Å². The Balaban J connectivity index is 2.62. The molecule has 0 N–H and O–H groups in total. The Morgan fingerprint density at radius 2 is 1.72 bits per heavy atom. The van der Waals surface area contributed by atoms with Crippen LogP contribution in [0.3, 0.4) is 0 Å². The Morgan fingerprint density at radius 1 is 1.22 bits per heavy atom. The van der Waals surface area contributed by atoms with E-state index in [1.807, 2.05) is 6.92 Å². The molecule has 1 saturated heterocycles. The van der Waals surface area contributed by atoms with Crippen molar-refractivity contribution in [3.8, 4) is 0 Å². The van der Waals surface area contributed by atoms with Crippen LogP contribution in [-0.2, 0) is 10.0 Å². The summed E-state index contributed by atoms with van der Waals surface area (Å²) in [7, 11) is -3.11. The van der Waals surface area contributed by atoms with Crippen LogP contribution < -0.4 is 0 Å². The molecule has 5 heteroatoms. The zero-order valence-electron chi connectivity index (χ0n) is 11.8. The quantitative estimate of drug-likeness (QED) is 0.706. The Labute approximate surface area is 117 Å². The number of alkyl halides is 1. The lowest BCUT2D eigenvalue weighted by Crippen LogP contribution is -2.44. The molecule has 0 radical (unpaired) electrons. The van der Waals surface area contributed by atoms with Crippen molar-refractivity contribution in [2.24, 2.45) is 11.3 Å². The minimum atomic E-state index is -3.11. The second kappa shape index (κ2) is 6.58. The van der Waals surface area contributed by atoms with Crippen LogP contribution in [0.1, 0.15) is 46.5 Å². The molecule has 18 heavy (non-hydrogen) atoms. The summed E-state index contributed by atoms with van der Waals surface area (Å²) in [6, 6.07) is 0. The second-order valence-electron chi connectivity index (χ2n) is 5.64. The third-order valence-electron chi connectivity index (χ3n) is 4.44. The predicted octanol–water partition coefficient (Wildman–Crippen LogP) is 3.09. The number of rotatable bonds is 6. The van der Waals surface area contributed by atoms with Crippen molar-refractivity contribution in [3.05, 3.63) is 0 Å². The Hall–Kier alpha value is 0.200. The summed E-state index contributed by atoms with van der Waals surface area (Å²) < 4.78 is 26.1. The molecule has 1 fully saturated rings. The zero-order valence-corrected chi connectivity index (χ0v) is 13.4. The minimum Gasteiger partial charge on any atom is -0.212 e. The first-order chi connectivity index (χ1) is 8.39. The average molecular weight is 296 g/mol. The van der Waals surface area contributed by atoms with Crippen LogP contribution in [0.2, 0.25) is 0 Å². The second-order valence-corrected chi connectivity index (χ2v) is 7.97. The molecule has 3 nitrogen and oxygen atoms in total. The van der Waals surface area contributed by atoms with Gasteiger partial charge in [-0.15, -0.1) is 11.6 Å². The van der Waals surface area contributed by atoms with E-state index >= 15 is 0 Å². The summed E-state index contributed by atoms with van der Waals surface area (Å²) in [4.78, 5) is 0. The molecule has 1 atom stereocenters. The Kier molecular flexibility index (Phi) is 5.94. The van der Waals surface area contributed by atoms with E-state index in [2.05, 4.69) is 13.8 Å². The van der Waals surface area contributed by atoms with Crippen molar-refractivity contribution in [2.45, 2.75) is 46.5 Å². The first-order valence-electron chi connectivity index (χ1n) is 6.93. The Morgan fingerprint density at radius 3 is 2.11 bits per heavy atom. The van der Waals surface area contributed by atoms with Crippen molar-refractivity contribution in [3.63, 3.8) is 0 Å². The van der Waals surface area contributed by atoms with Gasteiger partial charge in [-0.25, -0.2) is 12.7 Å². The molecule has 1 heterocycles. The van der Waals surface area contributed by atoms with Crippen LogP contribution in [-0.4, -0.2) is 37.4 Å². The summed E-state index contributed by atoms with van der Waals surface area (Å²) in [6.45, 7) is 7.67. The number of sulfonamides is 1. The predicted molar refractivity (Wildman–Crippen MR) is 77.5 cm³/mol. The monoisotopic (exact) mass is 295 g/mol. The van der Waals surface area contributed by atoms with Gasteiger partial charge in [-0.1, -0.05) is 33.6 Å². The van der Waals surface area contributed by atoms with Gasteiger partial charge in [-0.05, 0) is 24.2 Å². The summed E-state index contributed by atoms with van der Waals surface area (Å²) in [5, 5.41) is 0. The van der Waals surface area contributed by atoms with Crippen molar-refractivity contribution in [1.29, 1.82) is 0 Å². The van der Waals surface area contributed by atoms with Crippen molar-refractivity contribution >= 4 is 21.6 Å². The summed E-state index contributed by atoms with van der Waals surface area (Å²) in [6.07, 6.45) is 4.29. The van der Waals surface area contributed by atoms with E-state index in [-0.39, 0.29) is 11.7 Å². The van der Waals surface area contributed by atoms with Crippen LogP contribution in [0.15, 0.2) is 0 Å². The van der Waals surface area contributed by atoms with Crippen LogP contribution in [0.4, 0.5) is 0 Å². The van der Waals surface area contributed by atoms with Crippen LogP contribution in [0, 0.1) is 11.3 Å². The van der Waals surface area contributed by atoms with Crippen molar-refractivity contribution < 1.29 is 8.42 Å². The third-order valence-corrected chi connectivity index (χ3v) is 7.10. The molecule has 1 aliphatic rings. The van der Waals surface area contributed by atoms with E-state index in [9.17, 15) is 8.42 Å². The lowest BCUT2D eigenvalue weighted by atomic mass is 9.75. The van der Waals surface area contributed by atoms with Gasteiger partial charge in [-0.3, -0.25) is 0 Å². The maximum absolute atomic E-state index is 12.2. The van der Waals surface area contributed by atoms with Gasteiger partial charge in [0.15, 0.2) is 0 Å². The molecule has 0 aromatic heterocycles. The molecule has 0 aliphatic carbocycles. The van der Waals surface area contributed by atoms with E-state index in [1.54, 1.807) is 4.31 Å². The van der Waals surface area contributed by atoms with Gasteiger partial charge in [-0.2, -0.15) is 0 Å². The molecule has 0 aromatic carbocycles. The highest BCUT2D eigenvalue weighted by Gasteiger charge is 2.35. The first-order valence-corrected chi connectivity index (χ1v) is 9.07. The zero-order chi connectivity index (χ0) is 13.8. The molecule has 0 aromatic rings. The van der Waals surface area contributed by atoms with Crippen LogP contribution in [0.25, 0.3) is 0 Å². The molecule has 1 aliphatic heterocycles. The molecular weight excluding hydrogens is 270 g/mol. The minimum absolute atomic E-state index is 0.0284. The number of halogens is 1. The third kappa shape index (κ3) is 3.84. The van der Waals surface area contributed by atoms with Gasteiger partial charge < -0.3 is 0 Å². The first kappa shape index (κ1) is 16.3. The van der Waals surface area contributed by atoms with E-state index in [4.69, 9.17) is 11.6 Å². The highest BCUT2D eigenvalue weighted by atomic mass is 35.5. The van der Waals surface area contributed by atoms with E-state index in [0.29, 0.717) is 24.4 Å². The van der Waals surface area contributed by atoms with E-state index < -0.39 is 10.0 Å². The van der Waals surface area contributed by atoms with Crippen LogP contribution in [0.5, 0.6) is 0 Å². The van der Waals surface area contributed by atoms with Gasteiger partial charge in [0.05, 0.1) is 5.75 Å². The van der Waals surface area contributed by atoms with E-state index in [0.717, 1.165) is 25.7 Å². The molecule has 0 saturated carbocycles. The van der Waals surface area contributed by atoms with Gasteiger partial charge in [0.1, 0.15) is 0 Å². The fraction of sp³-hybridized carbons (Fsp3) is 1.00. The molecule has 1 unspecified atom stereocenters. The Bertz CT molecular complexity index is 342.